The van der Waals surface area contributed by atoms with E-state index in [9.17, 15) is 9.18 Å². The maximum absolute atomic E-state index is 13.1. The SMILES string of the molecule is Cc1cccc(NC(=O)CSc2ncnc3c2nnn3Cc2ccc(F)cc2)c1C. The molecule has 30 heavy (non-hydrogen) atoms. The molecule has 1 amide bonds. The predicted octanol–water partition coefficient (Wildman–Crippen LogP) is 3.76. The molecular formula is C21H19FN6OS. The first-order chi connectivity index (χ1) is 14.5. The summed E-state index contributed by atoms with van der Waals surface area (Å²) in [6.45, 7) is 4.39. The van der Waals surface area contributed by atoms with Crippen LogP contribution >= 0.6 is 11.8 Å². The lowest BCUT2D eigenvalue weighted by molar-refractivity contribution is -0.113. The fourth-order valence-electron chi connectivity index (χ4n) is 2.95. The topological polar surface area (TPSA) is 85.6 Å². The van der Waals surface area contributed by atoms with Crippen LogP contribution in [0.1, 0.15) is 16.7 Å². The van der Waals surface area contributed by atoms with Crippen LogP contribution in [-0.2, 0) is 11.3 Å². The van der Waals surface area contributed by atoms with Crippen molar-refractivity contribution >= 4 is 34.5 Å². The number of halogens is 1. The van der Waals surface area contributed by atoms with Crippen molar-refractivity contribution in [3.8, 4) is 0 Å². The number of rotatable bonds is 6. The Morgan fingerprint density at radius 1 is 1.13 bits per heavy atom. The molecular weight excluding hydrogens is 403 g/mol. The molecule has 0 aliphatic heterocycles. The lowest BCUT2D eigenvalue weighted by Gasteiger charge is -2.10. The van der Waals surface area contributed by atoms with E-state index in [2.05, 4.69) is 25.6 Å². The van der Waals surface area contributed by atoms with Gasteiger partial charge in [0.05, 0.1) is 12.3 Å². The molecule has 0 unspecified atom stereocenters. The van der Waals surface area contributed by atoms with Gasteiger partial charge in [0.15, 0.2) is 11.2 Å². The summed E-state index contributed by atoms with van der Waals surface area (Å²) in [5.74, 6) is -0.230. The number of hydrogen-bond acceptors (Lipinski definition) is 6. The summed E-state index contributed by atoms with van der Waals surface area (Å²) in [5.41, 5.74) is 4.94. The van der Waals surface area contributed by atoms with Gasteiger partial charge >= 0.3 is 0 Å². The van der Waals surface area contributed by atoms with Gasteiger partial charge in [-0.05, 0) is 48.7 Å². The quantitative estimate of drug-likeness (QED) is 0.376. The number of carbonyl (C=O) groups excluding carboxylic acids is 1. The Balaban J connectivity index is 1.47. The number of aryl methyl sites for hydroxylation is 1. The van der Waals surface area contributed by atoms with Crippen molar-refractivity contribution in [1.29, 1.82) is 0 Å². The zero-order valence-electron chi connectivity index (χ0n) is 16.5. The number of carbonyl (C=O) groups is 1. The molecule has 4 rings (SSSR count). The smallest absolute Gasteiger partial charge is 0.234 e. The molecule has 0 bridgehead atoms. The van der Waals surface area contributed by atoms with E-state index in [4.69, 9.17) is 0 Å². The molecule has 0 radical (unpaired) electrons. The highest BCUT2D eigenvalue weighted by Gasteiger charge is 2.14. The zero-order chi connectivity index (χ0) is 21.1. The largest absolute Gasteiger partial charge is 0.325 e. The molecule has 0 aliphatic rings. The van der Waals surface area contributed by atoms with E-state index in [-0.39, 0.29) is 17.5 Å². The Morgan fingerprint density at radius 3 is 2.73 bits per heavy atom. The van der Waals surface area contributed by atoms with Crippen LogP contribution < -0.4 is 5.32 Å². The van der Waals surface area contributed by atoms with E-state index in [0.29, 0.717) is 22.7 Å². The van der Waals surface area contributed by atoms with Gasteiger partial charge in [-0.15, -0.1) is 5.10 Å². The third-order valence-corrected chi connectivity index (χ3v) is 5.71. The maximum Gasteiger partial charge on any atom is 0.234 e. The fourth-order valence-corrected chi connectivity index (χ4v) is 3.68. The molecule has 0 spiro atoms. The minimum absolute atomic E-state index is 0.126. The summed E-state index contributed by atoms with van der Waals surface area (Å²) in [7, 11) is 0. The molecule has 0 saturated carbocycles. The van der Waals surface area contributed by atoms with Gasteiger partial charge in [-0.1, -0.05) is 41.2 Å². The van der Waals surface area contributed by atoms with E-state index >= 15 is 0 Å². The Bertz CT molecular complexity index is 1210. The molecule has 2 aromatic carbocycles. The van der Waals surface area contributed by atoms with E-state index in [0.717, 1.165) is 22.4 Å². The third kappa shape index (κ3) is 4.30. The van der Waals surface area contributed by atoms with Gasteiger partial charge < -0.3 is 5.32 Å². The number of thioether (sulfide) groups is 1. The highest BCUT2D eigenvalue weighted by molar-refractivity contribution is 8.00. The van der Waals surface area contributed by atoms with Crippen molar-refractivity contribution in [3.63, 3.8) is 0 Å². The lowest BCUT2D eigenvalue weighted by atomic mass is 10.1. The van der Waals surface area contributed by atoms with Crippen LogP contribution in [0, 0.1) is 19.7 Å². The highest BCUT2D eigenvalue weighted by atomic mass is 32.2. The van der Waals surface area contributed by atoms with Gasteiger partial charge in [0.25, 0.3) is 0 Å². The molecule has 2 aromatic heterocycles. The molecule has 4 aromatic rings. The molecule has 7 nitrogen and oxygen atoms in total. The number of benzene rings is 2. The summed E-state index contributed by atoms with van der Waals surface area (Å²) >= 11 is 1.28. The second kappa shape index (κ2) is 8.58. The van der Waals surface area contributed by atoms with Crippen molar-refractivity contribution in [2.45, 2.75) is 25.4 Å². The standard InChI is InChI=1S/C21H19FN6OS/c1-13-4-3-5-17(14(13)2)25-18(29)11-30-21-19-20(23-12-24-21)28(27-26-19)10-15-6-8-16(22)9-7-15/h3-9,12H,10-11H2,1-2H3,(H,25,29). The van der Waals surface area contributed by atoms with Gasteiger partial charge in [0.2, 0.25) is 5.91 Å². The minimum atomic E-state index is -0.289. The normalized spacial score (nSPS) is 11.0. The second-order valence-electron chi connectivity index (χ2n) is 6.81. The average Bonchev–Trinajstić information content (AvgIpc) is 3.15. The number of anilines is 1. The van der Waals surface area contributed by atoms with Gasteiger partial charge in [0.1, 0.15) is 17.2 Å². The molecule has 0 fully saturated rings. The first-order valence-corrected chi connectivity index (χ1v) is 10.3. The average molecular weight is 422 g/mol. The van der Waals surface area contributed by atoms with Crippen LogP contribution in [0.5, 0.6) is 0 Å². The van der Waals surface area contributed by atoms with Crippen LogP contribution in [0.3, 0.4) is 0 Å². The molecule has 152 valence electrons. The van der Waals surface area contributed by atoms with Crippen molar-refractivity contribution in [3.05, 3.63) is 71.3 Å². The van der Waals surface area contributed by atoms with Crippen LogP contribution in [0.2, 0.25) is 0 Å². The van der Waals surface area contributed by atoms with Crippen molar-refractivity contribution < 1.29 is 9.18 Å². The van der Waals surface area contributed by atoms with Gasteiger partial charge in [0, 0.05) is 5.69 Å². The van der Waals surface area contributed by atoms with Crippen LogP contribution in [-0.4, -0.2) is 36.6 Å². The third-order valence-electron chi connectivity index (χ3n) is 4.73. The van der Waals surface area contributed by atoms with Crippen LogP contribution in [0.25, 0.3) is 11.2 Å². The maximum atomic E-state index is 13.1. The van der Waals surface area contributed by atoms with E-state index in [1.165, 1.54) is 30.2 Å². The summed E-state index contributed by atoms with van der Waals surface area (Å²) < 4.78 is 14.7. The first-order valence-electron chi connectivity index (χ1n) is 9.29. The Labute approximate surface area is 176 Å². The summed E-state index contributed by atoms with van der Waals surface area (Å²) in [4.78, 5) is 20.9. The minimum Gasteiger partial charge on any atom is -0.325 e. The Morgan fingerprint density at radius 2 is 1.93 bits per heavy atom. The van der Waals surface area contributed by atoms with Crippen molar-refractivity contribution in [2.75, 3.05) is 11.1 Å². The first kappa shape index (κ1) is 20.0. The van der Waals surface area contributed by atoms with E-state index < -0.39 is 0 Å². The number of nitrogens with one attached hydrogen (secondary N) is 1. The molecule has 9 heteroatoms. The van der Waals surface area contributed by atoms with Crippen molar-refractivity contribution in [2.24, 2.45) is 0 Å². The predicted molar refractivity (Wildman–Crippen MR) is 114 cm³/mol. The Kier molecular flexibility index (Phi) is 5.71. The number of aromatic nitrogens is 5. The van der Waals surface area contributed by atoms with Gasteiger partial charge in [-0.25, -0.2) is 19.0 Å². The monoisotopic (exact) mass is 422 g/mol. The molecule has 1 N–H and O–H groups in total. The van der Waals surface area contributed by atoms with Crippen LogP contribution in [0.4, 0.5) is 10.1 Å². The van der Waals surface area contributed by atoms with Gasteiger partial charge in [-0.2, -0.15) is 0 Å². The number of fused-ring (bicyclic) bond motifs is 1. The number of hydrogen-bond donors (Lipinski definition) is 1. The number of amides is 1. The van der Waals surface area contributed by atoms with Crippen LogP contribution in [0.15, 0.2) is 53.8 Å². The molecule has 2 heterocycles. The zero-order valence-corrected chi connectivity index (χ0v) is 17.3. The summed E-state index contributed by atoms with van der Waals surface area (Å²) in [6, 6.07) is 12.0. The van der Waals surface area contributed by atoms with Crippen molar-refractivity contribution in [1.82, 2.24) is 25.0 Å². The second-order valence-corrected chi connectivity index (χ2v) is 7.77. The fraction of sp³-hybridized carbons (Fsp3) is 0.190. The molecule has 0 atom stereocenters. The molecule has 0 aliphatic carbocycles. The summed E-state index contributed by atoms with van der Waals surface area (Å²) in [5, 5.41) is 11.8. The van der Waals surface area contributed by atoms with Gasteiger partial charge in [-0.3, -0.25) is 4.79 Å². The highest BCUT2D eigenvalue weighted by Crippen LogP contribution is 2.24. The summed E-state index contributed by atoms with van der Waals surface area (Å²) in [6.07, 6.45) is 1.43. The lowest BCUT2D eigenvalue weighted by Crippen LogP contribution is -2.15. The Hall–Kier alpha value is -3.33. The van der Waals surface area contributed by atoms with E-state index in [1.807, 2.05) is 32.0 Å². The van der Waals surface area contributed by atoms with E-state index in [1.54, 1.807) is 16.8 Å². The molecule has 0 saturated heterocycles. The number of nitrogens with zero attached hydrogens (tertiary/aromatic N) is 5.